The first kappa shape index (κ1) is 14.6. The normalized spacial score (nSPS) is 38.6. The summed E-state index contributed by atoms with van der Waals surface area (Å²) >= 11 is 12.3. The molecule has 1 aliphatic heterocycles. The maximum absolute atomic E-state index is 12.3. The van der Waals surface area contributed by atoms with Crippen LogP contribution in [0.2, 0.25) is 0 Å². The van der Waals surface area contributed by atoms with Gasteiger partial charge in [0.1, 0.15) is 5.78 Å². The van der Waals surface area contributed by atoms with Gasteiger partial charge in [0.25, 0.3) is 0 Å². The van der Waals surface area contributed by atoms with Crippen molar-refractivity contribution in [2.24, 2.45) is 5.92 Å². The van der Waals surface area contributed by atoms with Crippen LogP contribution in [-0.4, -0.2) is 40.6 Å². The van der Waals surface area contributed by atoms with E-state index in [2.05, 4.69) is 11.8 Å². The van der Waals surface area contributed by atoms with E-state index >= 15 is 0 Å². The van der Waals surface area contributed by atoms with Crippen LogP contribution in [0.4, 0.5) is 0 Å². The lowest BCUT2D eigenvalue weighted by Crippen LogP contribution is -2.43. The number of alkyl halides is 2. The maximum atomic E-state index is 12.3. The van der Waals surface area contributed by atoms with E-state index in [0.717, 1.165) is 25.8 Å². The summed E-state index contributed by atoms with van der Waals surface area (Å²) in [5, 5.41) is 0.0118. The molecule has 0 aromatic carbocycles. The molecule has 0 aromatic heterocycles. The van der Waals surface area contributed by atoms with Gasteiger partial charge in [0, 0.05) is 17.3 Å². The number of nitrogens with zero attached hydrogens (tertiary/aromatic N) is 1. The summed E-state index contributed by atoms with van der Waals surface area (Å²) < 4.78 is 0. The Kier molecular flexibility index (Phi) is 5.35. The van der Waals surface area contributed by atoms with Gasteiger partial charge in [0.05, 0.1) is 11.9 Å². The van der Waals surface area contributed by atoms with Crippen LogP contribution in [0.25, 0.3) is 0 Å². The molecule has 0 aromatic rings. The highest BCUT2D eigenvalue weighted by Crippen LogP contribution is 2.32. The SMILES string of the molecule is CC1CCCCN1CC(=O)C1CCC(Cl)C(Cl)C1. The van der Waals surface area contributed by atoms with E-state index in [1.54, 1.807) is 0 Å². The molecule has 18 heavy (non-hydrogen) atoms. The fourth-order valence-corrected chi connectivity index (χ4v) is 3.66. The van der Waals surface area contributed by atoms with Crippen molar-refractivity contribution in [3.63, 3.8) is 0 Å². The van der Waals surface area contributed by atoms with Crippen LogP contribution in [0.1, 0.15) is 45.4 Å². The highest BCUT2D eigenvalue weighted by atomic mass is 35.5. The number of piperidine rings is 1. The minimum Gasteiger partial charge on any atom is -0.298 e. The van der Waals surface area contributed by atoms with E-state index in [9.17, 15) is 4.79 Å². The van der Waals surface area contributed by atoms with Crippen molar-refractivity contribution in [1.82, 2.24) is 4.90 Å². The molecule has 2 fully saturated rings. The van der Waals surface area contributed by atoms with Gasteiger partial charge >= 0.3 is 0 Å². The summed E-state index contributed by atoms with van der Waals surface area (Å²) in [4.78, 5) is 14.7. The average molecular weight is 292 g/mol. The van der Waals surface area contributed by atoms with Crippen molar-refractivity contribution in [2.45, 2.75) is 62.2 Å². The predicted molar refractivity (Wildman–Crippen MR) is 76.5 cm³/mol. The molecule has 0 bridgehead atoms. The third kappa shape index (κ3) is 3.61. The third-order valence-corrected chi connectivity index (χ3v) is 5.58. The van der Waals surface area contributed by atoms with E-state index in [-0.39, 0.29) is 16.7 Å². The zero-order valence-electron chi connectivity index (χ0n) is 11.1. The van der Waals surface area contributed by atoms with Crippen LogP contribution < -0.4 is 0 Å². The number of hydrogen-bond donors (Lipinski definition) is 0. The Morgan fingerprint density at radius 2 is 1.94 bits per heavy atom. The van der Waals surface area contributed by atoms with Crippen molar-refractivity contribution >= 4 is 29.0 Å². The highest BCUT2D eigenvalue weighted by Gasteiger charge is 2.32. The number of likely N-dealkylation sites (tertiary alicyclic amines) is 1. The maximum Gasteiger partial charge on any atom is 0.149 e. The molecule has 1 aliphatic carbocycles. The van der Waals surface area contributed by atoms with Crippen LogP contribution in [0, 0.1) is 5.92 Å². The van der Waals surface area contributed by atoms with Crippen molar-refractivity contribution in [2.75, 3.05) is 13.1 Å². The standard InChI is InChI=1S/C14H23Cl2NO/c1-10-4-2-3-7-17(10)9-14(18)11-5-6-12(15)13(16)8-11/h10-13H,2-9H2,1H3. The smallest absolute Gasteiger partial charge is 0.149 e. The summed E-state index contributed by atoms with van der Waals surface area (Å²) in [7, 11) is 0. The van der Waals surface area contributed by atoms with E-state index in [1.165, 1.54) is 19.3 Å². The van der Waals surface area contributed by atoms with Gasteiger partial charge in [0.2, 0.25) is 0 Å². The van der Waals surface area contributed by atoms with E-state index in [4.69, 9.17) is 23.2 Å². The second kappa shape index (κ2) is 6.58. The third-order valence-electron chi connectivity index (χ3n) is 4.45. The molecule has 0 spiro atoms. The molecule has 0 N–H and O–H groups in total. The van der Waals surface area contributed by atoms with Crippen molar-refractivity contribution in [3.8, 4) is 0 Å². The van der Waals surface area contributed by atoms with Crippen molar-refractivity contribution < 1.29 is 4.79 Å². The van der Waals surface area contributed by atoms with Crippen LogP contribution >= 0.6 is 23.2 Å². The molecule has 2 rings (SSSR count). The topological polar surface area (TPSA) is 20.3 Å². The van der Waals surface area contributed by atoms with Gasteiger partial charge < -0.3 is 0 Å². The first-order valence-electron chi connectivity index (χ1n) is 7.13. The molecule has 1 saturated carbocycles. The number of rotatable bonds is 3. The second-order valence-corrected chi connectivity index (χ2v) is 6.94. The lowest BCUT2D eigenvalue weighted by atomic mass is 9.85. The lowest BCUT2D eigenvalue weighted by Gasteiger charge is -2.35. The predicted octanol–water partition coefficient (Wildman–Crippen LogP) is 3.44. The van der Waals surface area contributed by atoms with E-state index in [0.29, 0.717) is 18.4 Å². The van der Waals surface area contributed by atoms with E-state index < -0.39 is 0 Å². The van der Waals surface area contributed by atoms with Crippen LogP contribution in [0.3, 0.4) is 0 Å². The fraction of sp³-hybridized carbons (Fsp3) is 0.929. The molecule has 4 unspecified atom stereocenters. The van der Waals surface area contributed by atoms with Gasteiger partial charge in [-0.05, 0) is 45.6 Å². The van der Waals surface area contributed by atoms with Gasteiger partial charge in [-0.15, -0.1) is 23.2 Å². The van der Waals surface area contributed by atoms with Crippen molar-refractivity contribution in [3.05, 3.63) is 0 Å². The minimum absolute atomic E-state index is 0.0341. The summed E-state index contributed by atoms with van der Waals surface area (Å²) in [6, 6.07) is 0.555. The lowest BCUT2D eigenvalue weighted by molar-refractivity contribution is -0.125. The second-order valence-electron chi connectivity index (χ2n) is 5.82. The number of hydrogen-bond acceptors (Lipinski definition) is 2. The molecule has 104 valence electrons. The molecular formula is C14H23Cl2NO. The Balaban J connectivity index is 1.84. The van der Waals surface area contributed by atoms with Gasteiger partial charge in [-0.1, -0.05) is 6.42 Å². The Morgan fingerprint density at radius 3 is 2.61 bits per heavy atom. The largest absolute Gasteiger partial charge is 0.298 e. The molecule has 0 amide bonds. The highest BCUT2D eigenvalue weighted by molar-refractivity contribution is 6.30. The van der Waals surface area contributed by atoms with Crippen LogP contribution in [-0.2, 0) is 4.79 Å². The Labute approximate surface area is 120 Å². The quantitative estimate of drug-likeness (QED) is 0.743. The number of ketones is 1. The fourth-order valence-electron chi connectivity index (χ4n) is 3.09. The molecule has 2 nitrogen and oxygen atoms in total. The molecule has 0 radical (unpaired) electrons. The minimum atomic E-state index is -0.0341. The van der Waals surface area contributed by atoms with Gasteiger partial charge in [0.15, 0.2) is 0 Å². The van der Waals surface area contributed by atoms with Gasteiger partial charge in [-0.25, -0.2) is 0 Å². The van der Waals surface area contributed by atoms with E-state index in [1.807, 2.05) is 0 Å². The first-order chi connectivity index (χ1) is 8.58. The summed E-state index contributed by atoms with van der Waals surface area (Å²) in [5.74, 6) is 0.509. The Bertz CT molecular complexity index is 298. The summed E-state index contributed by atoms with van der Waals surface area (Å²) in [6.07, 6.45) is 6.30. The molecule has 2 aliphatic rings. The first-order valence-corrected chi connectivity index (χ1v) is 8.00. The molecule has 1 heterocycles. The summed E-state index contributed by atoms with van der Waals surface area (Å²) in [5.41, 5.74) is 0. The van der Waals surface area contributed by atoms with Crippen LogP contribution in [0.5, 0.6) is 0 Å². The Hall–Kier alpha value is 0.210. The van der Waals surface area contributed by atoms with Gasteiger partial charge in [-0.3, -0.25) is 9.69 Å². The number of Topliss-reactive ketones (excluding diaryl/α,β-unsaturated/α-hetero) is 1. The molecular weight excluding hydrogens is 269 g/mol. The van der Waals surface area contributed by atoms with Gasteiger partial charge in [-0.2, -0.15) is 0 Å². The number of carbonyl (C=O) groups is 1. The number of carbonyl (C=O) groups excluding carboxylic acids is 1. The van der Waals surface area contributed by atoms with Crippen molar-refractivity contribution in [1.29, 1.82) is 0 Å². The number of halogens is 2. The van der Waals surface area contributed by atoms with Crippen LogP contribution in [0.15, 0.2) is 0 Å². The molecule has 4 atom stereocenters. The Morgan fingerprint density at radius 1 is 1.17 bits per heavy atom. The summed E-state index contributed by atoms with van der Waals surface area (Å²) in [6.45, 7) is 3.91. The monoisotopic (exact) mass is 291 g/mol. The molecule has 1 saturated heterocycles. The average Bonchev–Trinajstić information content (AvgIpc) is 2.35. The molecule has 4 heteroatoms. The zero-order chi connectivity index (χ0) is 13.1. The zero-order valence-corrected chi connectivity index (χ0v) is 12.6.